The lowest BCUT2D eigenvalue weighted by Crippen LogP contribution is -1.83. The van der Waals surface area contributed by atoms with E-state index in [1.54, 1.807) is 12.1 Å². The third kappa shape index (κ3) is 4.20. The van der Waals surface area contributed by atoms with Gasteiger partial charge in [0.25, 0.3) is 0 Å². The average Bonchev–Trinajstić information content (AvgIpc) is 2.49. The predicted octanol–water partition coefficient (Wildman–Crippen LogP) is 5.56. The molecule has 2 rings (SSSR count). The van der Waals surface area contributed by atoms with Crippen LogP contribution in [-0.4, -0.2) is 0 Å². The van der Waals surface area contributed by atoms with Gasteiger partial charge in [-0.3, -0.25) is 0 Å². The smallest absolute Gasteiger partial charge is 0.123 e. The highest BCUT2D eigenvalue weighted by Gasteiger charge is 1.98. The van der Waals surface area contributed by atoms with E-state index in [4.69, 9.17) is 0 Å². The maximum Gasteiger partial charge on any atom is 0.123 e. The molecule has 0 saturated heterocycles. The summed E-state index contributed by atoms with van der Waals surface area (Å²) in [7, 11) is 0. The van der Waals surface area contributed by atoms with E-state index in [1.165, 1.54) is 17.7 Å². The fraction of sp³-hybridized carbons (Fsp3) is 0.158. The first-order valence-electron chi connectivity index (χ1n) is 6.90. The van der Waals surface area contributed by atoms with Crippen LogP contribution in [0.15, 0.2) is 72.8 Å². The minimum absolute atomic E-state index is 0.198. The van der Waals surface area contributed by atoms with Crippen molar-refractivity contribution in [2.24, 2.45) is 0 Å². The Balaban J connectivity index is 1.99. The molecule has 0 aromatic heterocycles. The molecule has 0 aliphatic carbocycles. The van der Waals surface area contributed by atoms with Crippen molar-refractivity contribution in [2.45, 2.75) is 19.8 Å². The molecule has 0 aliphatic heterocycles. The zero-order chi connectivity index (χ0) is 14.2. The molecule has 0 radical (unpaired) electrons. The van der Waals surface area contributed by atoms with Gasteiger partial charge in [0.05, 0.1) is 0 Å². The van der Waals surface area contributed by atoms with E-state index in [9.17, 15) is 4.39 Å². The zero-order valence-electron chi connectivity index (χ0n) is 11.7. The monoisotopic (exact) mass is 266 g/mol. The van der Waals surface area contributed by atoms with Gasteiger partial charge in [0.1, 0.15) is 5.82 Å². The van der Waals surface area contributed by atoms with Gasteiger partial charge in [0.2, 0.25) is 0 Å². The minimum atomic E-state index is -0.198. The zero-order valence-corrected chi connectivity index (χ0v) is 11.7. The Morgan fingerprint density at radius 1 is 0.800 bits per heavy atom. The number of rotatable bonds is 5. The average molecular weight is 266 g/mol. The lowest BCUT2D eigenvalue weighted by Gasteiger charge is -2.03. The molecule has 0 nitrogen and oxygen atoms in total. The number of hydrogen-bond acceptors (Lipinski definition) is 0. The van der Waals surface area contributed by atoms with Crippen molar-refractivity contribution in [1.29, 1.82) is 0 Å². The molecule has 20 heavy (non-hydrogen) atoms. The molecule has 2 aromatic carbocycles. The minimum Gasteiger partial charge on any atom is -0.207 e. The van der Waals surface area contributed by atoms with Crippen LogP contribution in [0.3, 0.4) is 0 Å². The summed E-state index contributed by atoms with van der Waals surface area (Å²) in [6.07, 6.45) is 10.5. The van der Waals surface area contributed by atoms with E-state index < -0.39 is 0 Å². The number of allylic oxidation sites excluding steroid dienone is 4. The lowest BCUT2D eigenvalue weighted by atomic mass is 10.0. The van der Waals surface area contributed by atoms with Crippen molar-refractivity contribution in [2.75, 3.05) is 0 Å². The van der Waals surface area contributed by atoms with Crippen LogP contribution in [0.25, 0.3) is 11.1 Å². The fourth-order valence-corrected chi connectivity index (χ4v) is 2.01. The molecular formula is C19H19F. The van der Waals surface area contributed by atoms with Crippen LogP contribution < -0.4 is 0 Å². The molecule has 0 amide bonds. The van der Waals surface area contributed by atoms with Gasteiger partial charge in [-0.15, -0.1) is 0 Å². The Morgan fingerprint density at radius 2 is 1.40 bits per heavy atom. The molecule has 0 bridgehead atoms. The maximum absolute atomic E-state index is 12.9. The molecule has 0 aliphatic rings. The maximum atomic E-state index is 12.9. The van der Waals surface area contributed by atoms with Crippen molar-refractivity contribution in [3.05, 3.63) is 84.2 Å². The van der Waals surface area contributed by atoms with Gasteiger partial charge >= 0.3 is 0 Å². The van der Waals surface area contributed by atoms with Crippen LogP contribution in [0.1, 0.15) is 18.9 Å². The molecule has 0 heterocycles. The molecule has 0 spiro atoms. The summed E-state index contributed by atoms with van der Waals surface area (Å²) in [5.41, 5.74) is 3.45. The Morgan fingerprint density at radius 3 is 2.00 bits per heavy atom. The van der Waals surface area contributed by atoms with Crippen LogP contribution in [-0.2, 0) is 6.42 Å². The Kier molecular flexibility index (Phi) is 5.31. The molecule has 0 unspecified atom stereocenters. The van der Waals surface area contributed by atoms with Gasteiger partial charge in [-0.25, -0.2) is 4.39 Å². The van der Waals surface area contributed by atoms with E-state index in [0.717, 1.165) is 24.0 Å². The molecular weight excluding hydrogens is 247 g/mol. The van der Waals surface area contributed by atoms with E-state index in [1.807, 2.05) is 6.92 Å². The quantitative estimate of drug-likeness (QED) is 0.622. The molecule has 0 atom stereocenters. The van der Waals surface area contributed by atoms with E-state index >= 15 is 0 Å². The van der Waals surface area contributed by atoms with E-state index in [2.05, 4.69) is 48.6 Å². The molecule has 0 fully saturated rings. The Labute approximate surface area is 120 Å². The number of hydrogen-bond donors (Lipinski definition) is 0. The van der Waals surface area contributed by atoms with Crippen LogP contribution in [0.5, 0.6) is 0 Å². The first-order valence-corrected chi connectivity index (χ1v) is 6.90. The lowest BCUT2D eigenvalue weighted by molar-refractivity contribution is 0.628. The van der Waals surface area contributed by atoms with Gasteiger partial charge in [-0.1, -0.05) is 60.7 Å². The highest BCUT2D eigenvalue weighted by molar-refractivity contribution is 5.63. The second-order valence-corrected chi connectivity index (χ2v) is 4.68. The largest absolute Gasteiger partial charge is 0.207 e. The highest BCUT2D eigenvalue weighted by Crippen LogP contribution is 2.20. The molecule has 102 valence electrons. The summed E-state index contributed by atoms with van der Waals surface area (Å²) in [5.74, 6) is -0.198. The Hall–Kier alpha value is -2.15. The first-order chi connectivity index (χ1) is 9.79. The summed E-state index contributed by atoms with van der Waals surface area (Å²) < 4.78 is 12.9. The van der Waals surface area contributed by atoms with Crippen LogP contribution in [0.2, 0.25) is 0 Å². The SMILES string of the molecule is C/C=C/C/C=C\Cc1ccc(-c2ccc(F)cc2)cc1. The highest BCUT2D eigenvalue weighted by atomic mass is 19.1. The van der Waals surface area contributed by atoms with Crippen molar-refractivity contribution in [3.8, 4) is 11.1 Å². The van der Waals surface area contributed by atoms with Gasteiger partial charge in [0.15, 0.2) is 0 Å². The topological polar surface area (TPSA) is 0 Å². The van der Waals surface area contributed by atoms with Crippen LogP contribution >= 0.6 is 0 Å². The van der Waals surface area contributed by atoms with Gasteiger partial charge in [-0.2, -0.15) is 0 Å². The summed E-state index contributed by atoms with van der Waals surface area (Å²) in [6, 6.07) is 15.0. The number of halogens is 1. The van der Waals surface area contributed by atoms with Gasteiger partial charge in [-0.05, 0) is 48.6 Å². The first kappa shape index (κ1) is 14.3. The number of benzene rings is 2. The summed E-state index contributed by atoms with van der Waals surface area (Å²) in [5, 5.41) is 0. The fourth-order valence-electron chi connectivity index (χ4n) is 2.01. The van der Waals surface area contributed by atoms with E-state index in [0.29, 0.717) is 0 Å². The molecule has 2 aromatic rings. The third-order valence-electron chi connectivity index (χ3n) is 3.16. The third-order valence-corrected chi connectivity index (χ3v) is 3.16. The van der Waals surface area contributed by atoms with Crippen molar-refractivity contribution < 1.29 is 4.39 Å². The van der Waals surface area contributed by atoms with Crippen LogP contribution in [0.4, 0.5) is 4.39 Å². The normalized spacial score (nSPS) is 11.5. The van der Waals surface area contributed by atoms with E-state index in [-0.39, 0.29) is 5.82 Å². The second kappa shape index (κ2) is 7.44. The molecule has 0 N–H and O–H groups in total. The van der Waals surface area contributed by atoms with Crippen LogP contribution in [0, 0.1) is 5.82 Å². The van der Waals surface area contributed by atoms with Crippen molar-refractivity contribution >= 4 is 0 Å². The standard InChI is InChI=1S/C19H19F/c1-2-3-4-5-6-7-16-8-10-17(11-9-16)18-12-14-19(20)15-13-18/h2-3,5-6,8-15H,4,7H2,1H3/b3-2+,6-5-. The van der Waals surface area contributed by atoms with Crippen molar-refractivity contribution in [1.82, 2.24) is 0 Å². The van der Waals surface area contributed by atoms with Crippen molar-refractivity contribution in [3.63, 3.8) is 0 Å². The molecule has 0 saturated carbocycles. The second-order valence-electron chi connectivity index (χ2n) is 4.68. The van der Waals surface area contributed by atoms with Gasteiger partial charge in [0, 0.05) is 0 Å². The Bertz CT molecular complexity index is 574. The summed E-state index contributed by atoms with van der Waals surface area (Å²) >= 11 is 0. The predicted molar refractivity (Wildman–Crippen MR) is 84.1 cm³/mol. The summed E-state index contributed by atoms with van der Waals surface area (Å²) in [6.45, 7) is 2.03. The summed E-state index contributed by atoms with van der Waals surface area (Å²) in [4.78, 5) is 0. The van der Waals surface area contributed by atoms with Gasteiger partial charge < -0.3 is 0 Å². The molecule has 1 heteroatoms.